The predicted octanol–water partition coefficient (Wildman–Crippen LogP) is 4.36. The van der Waals surface area contributed by atoms with Gasteiger partial charge in [0.05, 0.1) is 16.3 Å². The fourth-order valence-corrected chi connectivity index (χ4v) is 5.53. The number of aromatic nitrogens is 1. The number of thiazole rings is 1. The zero-order valence-corrected chi connectivity index (χ0v) is 17.2. The minimum Gasteiger partial charge on any atom is -0.302 e. The zero-order valence-electron chi connectivity index (χ0n) is 14.8. The van der Waals surface area contributed by atoms with Crippen LogP contribution in [0, 0.1) is 0 Å². The molecule has 1 aliphatic carbocycles. The zero-order chi connectivity index (χ0) is 19.7. The van der Waals surface area contributed by atoms with Crippen LogP contribution in [0.2, 0.25) is 5.02 Å². The topological polar surface area (TPSA) is 76.1 Å². The molecule has 1 N–H and O–H groups in total. The van der Waals surface area contributed by atoms with Crippen LogP contribution in [0.4, 0.5) is 5.13 Å². The number of hydrogen-bond donors (Lipinski definition) is 1. The summed E-state index contributed by atoms with van der Waals surface area (Å²) in [6.45, 7) is 0. The second-order valence-corrected chi connectivity index (χ2v) is 10.1. The van der Waals surface area contributed by atoms with Crippen LogP contribution in [-0.2, 0) is 27.5 Å². The lowest BCUT2D eigenvalue weighted by Crippen LogP contribution is -2.17. The lowest BCUT2D eigenvalue weighted by Gasteiger charge is -2.13. The number of carbonyl (C=O) groups excluding carboxylic acids is 1. The van der Waals surface area contributed by atoms with E-state index in [1.165, 1.54) is 41.2 Å². The molecule has 0 saturated heterocycles. The van der Waals surface area contributed by atoms with E-state index in [4.69, 9.17) is 11.6 Å². The first kappa shape index (κ1) is 19.1. The highest BCUT2D eigenvalue weighted by atomic mass is 35.5. The van der Waals surface area contributed by atoms with Crippen molar-refractivity contribution in [3.05, 3.63) is 64.0 Å². The van der Waals surface area contributed by atoms with Crippen LogP contribution in [0.15, 0.2) is 53.4 Å². The second-order valence-electron chi connectivity index (χ2n) is 6.52. The molecule has 2 aromatic carbocycles. The SMILES string of the molecule is O=C(CCS(=O)(=O)c1ccc(Cl)cc1)Nc1nc2c(s1)CCc1ccccc1-2. The van der Waals surface area contributed by atoms with Crippen molar-refractivity contribution in [3.8, 4) is 11.3 Å². The third-order valence-electron chi connectivity index (χ3n) is 4.61. The molecular weight excluding hydrogens is 416 g/mol. The third-order valence-corrected chi connectivity index (χ3v) is 7.62. The predicted molar refractivity (Wildman–Crippen MR) is 112 cm³/mol. The molecule has 0 aliphatic heterocycles. The molecule has 1 heterocycles. The highest BCUT2D eigenvalue weighted by Gasteiger charge is 2.22. The van der Waals surface area contributed by atoms with Crippen molar-refractivity contribution in [2.75, 3.05) is 11.1 Å². The van der Waals surface area contributed by atoms with Crippen molar-refractivity contribution in [2.45, 2.75) is 24.2 Å². The average Bonchev–Trinajstić information content (AvgIpc) is 3.10. The minimum absolute atomic E-state index is 0.133. The molecule has 8 heteroatoms. The maximum Gasteiger partial charge on any atom is 0.227 e. The molecular formula is C20H17ClN2O3S2. The van der Waals surface area contributed by atoms with Crippen LogP contribution < -0.4 is 5.32 Å². The van der Waals surface area contributed by atoms with Crippen LogP contribution in [0.25, 0.3) is 11.3 Å². The molecule has 28 heavy (non-hydrogen) atoms. The highest BCUT2D eigenvalue weighted by Crippen LogP contribution is 2.37. The molecule has 144 valence electrons. The number of amides is 1. The number of fused-ring (bicyclic) bond motifs is 3. The number of nitrogens with zero attached hydrogens (tertiary/aromatic N) is 1. The lowest BCUT2D eigenvalue weighted by molar-refractivity contribution is -0.115. The van der Waals surface area contributed by atoms with Gasteiger partial charge in [0.15, 0.2) is 15.0 Å². The largest absolute Gasteiger partial charge is 0.302 e. The average molecular weight is 433 g/mol. The van der Waals surface area contributed by atoms with Gasteiger partial charge < -0.3 is 5.32 Å². The molecule has 0 spiro atoms. The maximum absolute atomic E-state index is 12.4. The Balaban J connectivity index is 1.43. The van der Waals surface area contributed by atoms with E-state index in [0.717, 1.165) is 29.0 Å². The minimum atomic E-state index is -3.54. The lowest BCUT2D eigenvalue weighted by atomic mass is 9.94. The Morgan fingerprint density at radius 2 is 1.86 bits per heavy atom. The van der Waals surface area contributed by atoms with Gasteiger partial charge in [0.2, 0.25) is 5.91 Å². The van der Waals surface area contributed by atoms with Gasteiger partial charge in [-0.3, -0.25) is 4.79 Å². The van der Waals surface area contributed by atoms with E-state index < -0.39 is 9.84 Å². The van der Waals surface area contributed by atoms with Gasteiger partial charge in [0.25, 0.3) is 0 Å². The monoisotopic (exact) mass is 432 g/mol. The Morgan fingerprint density at radius 1 is 1.11 bits per heavy atom. The molecule has 5 nitrogen and oxygen atoms in total. The van der Waals surface area contributed by atoms with Crippen molar-refractivity contribution < 1.29 is 13.2 Å². The Hall–Kier alpha value is -2.22. The Kier molecular flexibility index (Phi) is 5.23. The maximum atomic E-state index is 12.4. The Morgan fingerprint density at radius 3 is 2.64 bits per heavy atom. The number of aryl methyl sites for hydroxylation is 2. The Bertz CT molecular complexity index is 1140. The van der Waals surface area contributed by atoms with Gasteiger partial charge in [0.1, 0.15) is 0 Å². The molecule has 0 bridgehead atoms. The van der Waals surface area contributed by atoms with Crippen LogP contribution >= 0.6 is 22.9 Å². The first-order chi connectivity index (χ1) is 13.4. The van der Waals surface area contributed by atoms with Gasteiger partial charge in [-0.05, 0) is 42.7 Å². The van der Waals surface area contributed by atoms with E-state index in [-0.39, 0.29) is 23.0 Å². The van der Waals surface area contributed by atoms with Crippen molar-refractivity contribution >= 4 is 43.8 Å². The van der Waals surface area contributed by atoms with Crippen LogP contribution in [-0.4, -0.2) is 25.1 Å². The summed E-state index contributed by atoms with van der Waals surface area (Å²) in [4.78, 5) is 18.1. The molecule has 0 radical (unpaired) electrons. The van der Waals surface area contributed by atoms with Crippen LogP contribution in [0.1, 0.15) is 16.9 Å². The van der Waals surface area contributed by atoms with Crippen LogP contribution in [0.5, 0.6) is 0 Å². The molecule has 0 fully saturated rings. The number of nitrogens with one attached hydrogen (secondary N) is 1. The van der Waals surface area contributed by atoms with E-state index in [1.54, 1.807) is 0 Å². The van der Waals surface area contributed by atoms with Crippen molar-refractivity contribution in [1.29, 1.82) is 0 Å². The fourth-order valence-electron chi connectivity index (χ4n) is 3.17. The molecule has 1 aliphatic rings. The summed E-state index contributed by atoms with van der Waals surface area (Å²) in [5, 5.41) is 3.72. The normalized spacial score (nSPS) is 12.9. The summed E-state index contributed by atoms with van der Waals surface area (Å²) in [6.07, 6.45) is 1.72. The molecule has 0 unspecified atom stereocenters. The van der Waals surface area contributed by atoms with E-state index >= 15 is 0 Å². The molecule has 4 rings (SSSR count). The fraction of sp³-hybridized carbons (Fsp3) is 0.200. The van der Waals surface area contributed by atoms with Gasteiger partial charge in [-0.1, -0.05) is 35.9 Å². The number of rotatable bonds is 5. The number of sulfone groups is 1. The quantitative estimate of drug-likeness (QED) is 0.649. The van der Waals surface area contributed by atoms with E-state index in [0.29, 0.717) is 10.2 Å². The van der Waals surface area contributed by atoms with Gasteiger partial charge in [-0.15, -0.1) is 11.3 Å². The van der Waals surface area contributed by atoms with E-state index in [2.05, 4.69) is 16.4 Å². The number of carbonyl (C=O) groups is 1. The van der Waals surface area contributed by atoms with Crippen molar-refractivity contribution in [1.82, 2.24) is 4.98 Å². The summed E-state index contributed by atoms with van der Waals surface area (Å²) in [5.41, 5.74) is 3.27. The van der Waals surface area contributed by atoms with Crippen molar-refractivity contribution in [3.63, 3.8) is 0 Å². The number of benzene rings is 2. The first-order valence-electron chi connectivity index (χ1n) is 8.78. The van der Waals surface area contributed by atoms with Gasteiger partial charge >= 0.3 is 0 Å². The Labute approximate surface area is 172 Å². The van der Waals surface area contributed by atoms with Crippen LogP contribution in [0.3, 0.4) is 0 Å². The third kappa shape index (κ3) is 3.97. The molecule has 0 saturated carbocycles. The summed E-state index contributed by atoms with van der Waals surface area (Å²) >= 11 is 7.24. The summed E-state index contributed by atoms with van der Waals surface area (Å²) in [7, 11) is -3.54. The van der Waals surface area contributed by atoms with Gasteiger partial charge in [0, 0.05) is 21.9 Å². The van der Waals surface area contributed by atoms with Crippen molar-refractivity contribution in [2.24, 2.45) is 0 Å². The number of anilines is 1. The standard InChI is InChI=1S/C20H17ClN2O3S2/c21-14-6-8-15(9-7-14)28(25,26)12-11-18(24)22-20-23-19-16-4-2-1-3-13(16)5-10-17(19)27-20/h1-4,6-9H,5,10-12H2,(H,22,23,24). The second kappa shape index (κ2) is 7.66. The van der Waals surface area contributed by atoms with E-state index in [9.17, 15) is 13.2 Å². The summed E-state index contributed by atoms with van der Waals surface area (Å²) in [5.74, 6) is -0.633. The molecule has 3 aromatic rings. The van der Waals surface area contributed by atoms with Gasteiger partial charge in [-0.25, -0.2) is 13.4 Å². The molecule has 1 aromatic heterocycles. The number of hydrogen-bond acceptors (Lipinski definition) is 5. The molecule has 1 amide bonds. The summed E-state index contributed by atoms with van der Waals surface area (Å²) < 4.78 is 24.7. The first-order valence-corrected chi connectivity index (χ1v) is 11.6. The van der Waals surface area contributed by atoms with Gasteiger partial charge in [-0.2, -0.15) is 0 Å². The summed E-state index contributed by atoms with van der Waals surface area (Å²) in [6, 6.07) is 14.1. The van der Waals surface area contributed by atoms with E-state index in [1.807, 2.05) is 18.2 Å². The molecule has 0 atom stereocenters. The number of halogens is 1. The smallest absolute Gasteiger partial charge is 0.227 e. The highest BCUT2D eigenvalue weighted by molar-refractivity contribution is 7.91.